The van der Waals surface area contributed by atoms with Gasteiger partial charge in [-0.25, -0.2) is 0 Å². The minimum Gasteiger partial charge on any atom is -0.337 e. The zero-order valence-electron chi connectivity index (χ0n) is 9.60. The van der Waals surface area contributed by atoms with Crippen molar-refractivity contribution in [3.05, 3.63) is 22.7 Å². The van der Waals surface area contributed by atoms with Crippen LogP contribution in [-0.4, -0.2) is 10.1 Å². The van der Waals surface area contributed by atoms with Crippen molar-refractivity contribution < 1.29 is 4.52 Å². The Hall–Kier alpha value is -1.20. The lowest BCUT2D eigenvalue weighted by Gasteiger charge is -2.23. The Morgan fingerprint density at radius 1 is 1.44 bits per heavy atom. The normalized spacial score (nSPS) is 14.0. The number of hydrogen-bond donors (Lipinski definition) is 1. The molecular formula is C11H15N3OS. The van der Waals surface area contributed by atoms with Gasteiger partial charge in [0.25, 0.3) is 0 Å². The van der Waals surface area contributed by atoms with Gasteiger partial charge in [-0.2, -0.15) is 16.3 Å². The van der Waals surface area contributed by atoms with Crippen molar-refractivity contribution in [2.75, 3.05) is 0 Å². The van der Waals surface area contributed by atoms with Crippen molar-refractivity contribution in [1.82, 2.24) is 10.1 Å². The zero-order chi connectivity index (χ0) is 11.8. The van der Waals surface area contributed by atoms with Crippen LogP contribution >= 0.6 is 11.3 Å². The third-order valence-corrected chi connectivity index (χ3v) is 3.10. The maximum absolute atomic E-state index is 6.05. The molecule has 2 aromatic rings. The van der Waals surface area contributed by atoms with Crippen molar-refractivity contribution in [3.63, 3.8) is 0 Å². The van der Waals surface area contributed by atoms with E-state index in [4.69, 9.17) is 10.3 Å². The molecule has 16 heavy (non-hydrogen) atoms. The monoisotopic (exact) mass is 237 g/mol. The average Bonchev–Trinajstić information content (AvgIpc) is 2.85. The molecule has 0 saturated heterocycles. The summed E-state index contributed by atoms with van der Waals surface area (Å²) in [6, 6.07) is 1.72. The minimum atomic E-state index is -0.243. The van der Waals surface area contributed by atoms with Crippen LogP contribution in [0.2, 0.25) is 0 Å². The number of rotatable bonds is 2. The SMILES string of the molecule is CC(C)(C)[C@@H](N)c1nc(-c2ccsc2)no1. The van der Waals surface area contributed by atoms with Gasteiger partial charge in [-0.05, 0) is 16.9 Å². The summed E-state index contributed by atoms with van der Waals surface area (Å²) < 4.78 is 5.20. The van der Waals surface area contributed by atoms with E-state index in [1.807, 2.05) is 37.6 Å². The van der Waals surface area contributed by atoms with Gasteiger partial charge in [0.1, 0.15) is 0 Å². The Balaban J connectivity index is 2.27. The Kier molecular flexibility index (Phi) is 2.82. The van der Waals surface area contributed by atoms with E-state index in [9.17, 15) is 0 Å². The first-order chi connectivity index (χ1) is 7.48. The predicted octanol–water partition coefficient (Wildman–Crippen LogP) is 2.84. The topological polar surface area (TPSA) is 64.9 Å². The van der Waals surface area contributed by atoms with Crippen molar-refractivity contribution in [3.8, 4) is 11.4 Å². The van der Waals surface area contributed by atoms with Crippen LogP contribution < -0.4 is 5.73 Å². The number of hydrogen-bond acceptors (Lipinski definition) is 5. The molecule has 2 N–H and O–H groups in total. The summed E-state index contributed by atoms with van der Waals surface area (Å²) in [7, 11) is 0. The lowest BCUT2D eigenvalue weighted by molar-refractivity contribution is 0.253. The van der Waals surface area contributed by atoms with Crippen LogP contribution in [0, 0.1) is 5.41 Å². The van der Waals surface area contributed by atoms with E-state index in [1.54, 1.807) is 11.3 Å². The highest BCUT2D eigenvalue weighted by molar-refractivity contribution is 7.08. The van der Waals surface area contributed by atoms with E-state index in [0.29, 0.717) is 11.7 Å². The highest BCUT2D eigenvalue weighted by Crippen LogP contribution is 2.30. The molecule has 86 valence electrons. The van der Waals surface area contributed by atoms with Gasteiger partial charge in [0, 0.05) is 10.9 Å². The summed E-state index contributed by atoms with van der Waals surface area (Å²) in [6.07, 6.45) is 0. The Bertz CT molecular complexity index is 456. The molecule has 0 radical (unpaired) electrons. The van der Waals surface area contributed by atoms with Crippen molar-refractivity contribution in [1.29, 1.82) is 0 Å². The van der Waals surface area contributed by atoms with Crippen LogP contribution in [0.25, 0.3) is 11.4 Å². The molecule has 0 aliphatic rings. The molecule has 0 spiro atoms. The second-order valence-electron chi connectivity index (χ2n) is 4.81. The molecule has 2 rings (SSSR count). The number of nitrogens with two attached hydrogens (primary N) is 1. The first kappa shape index (κ1) is 11.3. The molecule has 5 heteroatoms. The molecule has 0 unspecified atom stereocenters. The molecule has 0 fully saturated rings. The summed E-state index contributed by atoms with van der Waals surface area (Å²) in [5.74, 6) is 1.10. The van der Waals surface area contributed by atoms with Gasteiger partial charge in [-0.3, -0.25) is 0 Å². The standard InChI is InChI=1S/C11H15N3OS/c1-11(2,3)8(12)10-13-9(14-15-10)7-4-5-16-6-7/h4-6,8H,12H2,1-3H3/t8-/m0/s1. The highest BCUT2D eigenvalue weighted by atomic mass is 32.1. The first-order valence-corrected chi connectivity index (χ1v) is 6.04. The fraction of sp³-hybridized carbons (Fsp3) is 0.455. The lowest BCUT2D eigenvalue weighted by atomic mass is 9.87. The van der Waals surface area contributed by atoms with E-state index < -0.39 is 0 Å². The van der Waals surface area contributed by atoms with Gasteiger partial charge in [-0.1, -0.05) is 25.9 Å². The minimum absolute atomic E-state index is 0.0849. The first-order valence-electron chi connectivity index (χ1n) is 5.10. The second-order valence-corrected chi connectivity index (χ2v) is 5.59. The molecule has 0 aliphatic heterocycles. The number of thiophene rings is 1. The van der Waals surface area contributed by atoms with E-state index in [-0.39, 0.29) is 11.5 Å². The zero-order valence-corrected chi connectivity index (χ0v) is 10.4. The molecule has 0 amide bonds. The van der Waals surface area contributed by atoms with E-state index in [1.165, 1.54) is 0 Å². The van der Waals surface area contributed by atoms with Gasteiger partial charge in [0.2, 0.25) is 11.7 Å². The summed E-state index contributed by atoms with van der Waals surface area (Å²) >= 11 is 1.60. The van der Waals surface area contributed by atoms with E-state index in [0.717, 1.165) is 5.56 Å². The maximum Gasteiger partial charge on any atom is 0.244 e. The smallest absolute Gasteiger partial charge is 0.244 e. The largest absolute Gasteiger partial charge is 0.337 e. The fourth-order valence-electron chi connectivity index (χ4n) is 1.24. The van der Waals surface area contributed by atoms with Gasteiger partial charge in [-0.15, -0.1) is 0 Å². The molecular weight excluding hydrogens is 222 g/mol. The van der Waals surface area contributed by atoms with Crippen LogP contribution in [0.1, 0.15) is 32.7 Å². The highest BCUT2D eigenvalue weighted by Gasteiger charge is 2.27. The number of aromatic nitrogens is 2. The van der Waals surface area contributed by atoms with E-state index >= 15 is 0 Å². The third kappa shape index (κ3) is 2.15. The van der Waals surface area contributed by atoms with Crippen molar-refractivity contribution >= 4 is 11.3 Å². The van der Waals surface area contributed by atoms with Crippen molar-refractivity contribution in [2.45, 2.75) is 26.8 Å². The molecule has 4 nitrogen and oxygen atoms in total. The van der Waals surface area contributed by atoms with Crippen molar-refractivity contribution in [2.24, 2.45) is 11.1 Å². The Morgan fingerprint density at radius 2 is 2.19 bits per heavy atom. The van der Waals surface area contributed by atoms with E-state index in [2.05, 4.69) is 10.1 Å². The quantitative estimate of drug-likeness (QED) is 0.872. The second kappa shape index (κ2) is 3.99. The molecule has 2 aromatic heterocycles. The molecule has 0 bridgehead atoms. The predicted molar refractivity (Wildman–Crippen MR) is 64.0 cm³/mol. The summed E-state index contributed by atoms with van der Waals surface area (Å²) in [5.41, 5.74) is 6.93. The fourth-order valence-corrected chi connectivity index (χ4v) is 1.88. The summed E-state index contributed by atoms with van der Waals surface area (Å²) in [4.78, 5) is 4.32. The molecule has 2 heterocycles. The number of nitrogens with zero attached hydrogens (tertiary/aromatic N) is 2. The maximum atomic E-state index is 6.05. The average molecular weight is 237 g/mol. The summed E-state index contributed by atoms with van der Waals surface area (Å²) in [5, 5.41) is 7.90. The van der Waals surface area contributed by atoms with Gasteiger partial charge in [0.15, 0.2) is 0 Å². The van der Waals surface area contributed by atoms with Crippen LogP contribution in [0.4, 0.5) is 0 Å². The van der Waals surface area contributed by atoms with Crippen LogP contribution in [0.5, 0.6) is 0 Å². The Morgan fingerprint density at radius 3 is 2.75 bits per heavy atom. The Labute approximate surface area is 98.5 Å². The van der Waals surface area contributed by atoms with Gasteiger partial charge < -0.3 is 10.3 Å². The summed E-state index contributed by atoms with van der Waals surface area (Å²) in [6.45, 7) is 6.14. The van der Waals surface area contributed by atoms with Crippen LogP contribution in [0.15, 0.2) is 21.3 Å². The van der Waals surface area contributed by atoms with Crippen LogP contribution in [0.3, 0.4) is 0 Å². The molecule has 0 saturated carbocycles. The van der Waals surface area contributed by atoms with Gasteiger partial charge >= 0.3 is 0 Å². The molecule has 0 aliphatic carbocycles. The van der Waals surface area contributed by atoms with Gasteiger partial charge in [0.05, 0.1) is 6.04 Å². The van der Waals surface area contributed by atoms with Crippen LogP contribution in [-0.2, 0) is 0 Å². The lowest BCUT2D eigenvalue weighted by Crippen LogP contribution is -2.26. The molecule has 1 atom stereocenters. The third-order valence-electron chi connectivity index (χ3n) is 2.42. The molecule has 0 aromatic carbocycles.